The fourth-order valence-electron chi connectivity index (χ4n) is 8.15. The summed E-state index contributed by atoms with van der Waals surface area (Å²) >= 11 is 0. The quantitative estimate of drug-likeness (QED) is 0.0319. The van der Waals surface area contributed by atoms with Gasteiger partial charge >= 0.3 is 11.9 Å². The maximum Gasteiger partial charge on any atom is 0.326 e. The van der Waals surface area contributed by atoms with Crippen LogP contribution in [0.2, 0.25) is 0 Å². The number of amides is 1. The lowest BCUT2D eigenvalue weighted by Gasteiger charge is -2.18. The summed E-state index contributed by atoms with van der Waals surface area (Å²) in [6.07, 6.45) is 54.2. The second kappa shape index (κ2) is 47.2. The summed E-state index contributed by atoms with van der Waals surface area (Å²) < 4.78 is 6.07. The number of unbranched alkanes of at least 4 members (excludes halogenated alkanes) is 32. The average molecular weight is 833 g/mol. The summed E-state index contributed by atoms with van der Waals surface area (Å²) in [7, 11) is 0. The molecule has 0 aromatic carbocycles. The molecule has 0 aromatic heterocycles. The van der Waals surface area contributed by atoms with Crippen LogP contribution >= 0.6 is 0 Å². The summed E-state index contributed by atoms with van der Waals surface area (Å²) in [5.74, 6) is -1.21. The summed E-state index contributed by atoms with van der Waals surface area (Å²) in [5, 5.41) is 12.0. The van der Waals surface area contributed by atoms with Gasteiger partial charge in [-0.25, -0.2) is 4.79 Å². The summed E-state index contributed by atoms with van der Waals surface area (Å²) in [5.41, 5.74) is 5.50. The van der Waals surface area contributed by atoms with E-state index in [2.05, 4.69) is 31.3 Å². The van der Waals surface area contributed by atoms with Crippen molar-refractivity contribution in [2.45, 2.75) is 296 Å². The Morgan fingerprint density at radius 2 is 0.831 bits per heavy atom. The van der Waals surface area contributed by atoms with Gasteiger partial charge in [0.25, 0.3) is 0 Å². The number of hydrogen-bond acceptors (Lipinski definition) is 5. The SMILES string of the molecule is CCCCCCCCCC/C=C\CCCCCCCCCCCCCC(=O)OC(CCCCCCCCCCCC)CCCCCCCC(=O)NC(CCCN)C(=O)O. The normalized spacial score (nSPS) is 12.6. The highest BCUT2D eigenvalue weighted by molar-refractivity contribution is 5.83. The van der Waals surface area contributed by atoms with Crippen LogP contribution in [0.1, 0.15) is 284 Å². The lowest BCUT2D eigenvalue weighted by molar-refractivity contribution is -0.150. The molecule has 0 radical (unpaired) electrons. The number of rotatable bonds is 48. The van der Waals surface area contributed by atoms with E-state index in [4.69, 9.17) is 10.5 Å². The molecule has 2 atom stereocenters. The number of carboxylic acids is 1. The van der Waals surface area contributed by atoms with Crippen LogP contribution in [0.25, 0.3) is 0 Å². The third-order valence-corrected chi connectivity index (χ3v) is 12.1. The van der Waals surface area contributed by atoms with E-state index < -0.39 is 12.0 Å². The molecule has 7 nitrogen and oxygen atoms in total. The molecule has 0 fully saturated rings. The largest absolute Gasteiger partial charge is 0.480 e. The molecule has 7 heteroatoms. The Morgan fingerprint density at radius 3 is 1.22 bits per heavy atom. The number of carbonyl (C=O) groups is 3. The first kappa shape index (κ1) is 57.1. The number of hydrogen-bond donors (Lipinski definition) is 3. The first-order valence-corrected chi connectivity index (χ1v) is 26.0. The van der Waals surface area contributed by atoms with Gasteiger partial charge in [0.05, 0.1) is 0 Å². The molecule has 1 amide bonds. The second-order valence-corrected chi connectivity index (χ2v) is 17.9. The molecule has 348 valence electrons. The van der Waals surface area contributed by atoms with Crippen molar-refractivity contribution in [3.63, 3.8) is 0 Å². The van der Waals surface area contributed by atoms with Crippen molar-refractivity contribution in [2.75, 3.05) is 6.54 Å². The van der Waals surface area contributed by atoms with Crippen molar-refractivity contribution in [1.29, 1.82) is 0 Å². The molecule has 59 heavy (non-hydrogen) atoms. The molecule has 2 unspecified atom stereocenters. The molecule has 0 spiro atoms. The van der Waals surface area contributed by atoms with Gasteiger partial charge in [-0.2, -0.15) is 0 Å². The Labute approximate surface area is 366 Å². The van der Waals surface area contributed by atoms with Crippen LogP contribution in [0, 0.1) is 0 Å². The summed E-state index contributed by atoms with van der Waals surface area (Å²) in [4.78, 5) is 36.5. The van der Waals surface area contributed by atoms with Gasteiger partial charge < -0.3 is 20.9 Å². The third kappa shape index (κ3) is 44.0. The molecule has 0 aliphatic heterocycles. The third-order valence-electron chi connectivity index (χ3n) is 12.1. The van der Waals surface area contributed by atoms with Crippen molar-refractivity contribution < 1.29 is 24.2 Å². The number of ether oxygens (including phenoxy) is 1. The van der Waals surface area contributed by atoms with Gasteiger partial charge in [-0.05, 0) is 83.6 Å². The number of nitrogens with one attached hydrogen (secondary N) is 1. The van der Waals surface area contributed by atoms with E-state index in [1.807, 2.05) is 0 Å². The van der Waals surface area contributed by atoms with Crippen LogP contribution in [0.3, 0.4) is 0 Å². The van der Waals surface area contributed by atoms with Gasteiger partial charge in [-0.3, -0.25) is 9.59 Å². The predicted octanol–water partition coefficient (Wildman–Crippen LogP) is 15.4. The predicted molar refractivity (Wildman–Crippen MR) is 253 cm³/mol. The number of esters is 1. The number of carboxylic acid groups (broad SMARTS) is 1. The monoisotopic (exact) mass is 833 g/mol. The topological polar surface area (TPSA) is 119 Å². The van der Waals surface area contributed by atoms with E-state index in [0.29, 0.717) is 32.2 Å². The molecule has 0 aromatic rings. The zero-order valence-electron chi connectivity index (χ0n) is 39.4. The van der Waals surface area contributed by atoms with E-state index in [9.17, 15) is 19.5 Å². The Kier molecular flexibility index (Phi) is 45.7. The van der Waals surface area contributed by atoms with E-state index >= 15 is 0 Å². The van der Waals surface area contributed by atoms with Gasteiger partial charge in [0.1, 0.15) is 12.1 Å². The van der Waals surface area contributed by atoms with E-state index in [0.717, 1.165) is 64.2 Å². The van der Waals surface area contributed by atoms with Gasteiger partial charge in [-0.1, -0.05) is 206 Å². The number of aliphatic carboxylic acids is 1. The highest BCUT2D eigenvalue weighted by Crippen LogP contribution is 2.20. The molecule has 0 bridgehead atoms. The van der Waals surface area contributed by atoms with E-state index in [1.165, 1.54) is 180 Å². The summed E-state index contributed by atoms with van der Waals surface area (Å²) in [6.45, 7) is 4.97. The first-order valence-electron chi connectivity index (χ1n) is 26.0. The molecular formula is C52H100N2O5. The molecule has 0 aliphatic rings. The van der Waals surface area contributed by atoms with Crippen LogP contribution < -0.4 is 11.1 Å². The second-order valence-electron chi connectivity index (χ2n) is 17.9. The van der Waals surface area contributed by atoms with Crippen molar-refractivity contribution in [3.8, 4) is 0 Å². The zero-order chi connectivity index (χ0) is 43.1. The minimum atomic E-state index is -1.00. The molecule has 0 aliphatic carbocycles. The fraction of sp³-hybridized carbons (Fsp3) is 0.904. The highest BCUT2D eigenvalue weighted by Gasteiger charge is 2.19. The first-order chi connectivity index (χ1) is 28.9. The van der Waals surface area contributed by atoms with E-state index in [1.54, 1.807) is 0 Å². The van der Waals surface area contributed by atoms with Gasteiger partial charge in [-0.15, -0.1) is 0 Å². The Bertz CT molecular complexity index is 940. The zero-order valence-corrected chi connectivity index (χ0v) is 39.4. The maximum atomic E-state index is 12.9. The molecular weight excluding hydrogens is 733 g/mol. The highest BCUT2D eigenvalue weighted by atomic mass is 16.5. The van der Waals surface area contributed by atoms with Crippen LogP contribution in [0.4, 0.5) is 0 Å². The van der Waals surface area contributed by atoms with E-state index in [-0.39, 0.29) is 18.0 Å². The van der Waals surface area contributed by atoms with Crippen molar-refractivity contribution >= 4 is 17.8 Å². The van der Waals surface area contributed by atoms with Crippen molar-refractivity contribution in [2.24, 2.45) is 5.73 Å². The van der Waals surface area contributed by atoms with Crippen LogP contribution in [-0.2, 0) is 19.1 Å². The number of allylic oxidation sites excluding steroid dienone is 2. The lowest BCUT2D eigenvalue weighted by atomic mass is 10.0. The van der Waals surface area contributed by atoms with Gasteiger partial charge in [0.2, 0.25) is 5.91 Å². The molecule has 0 heterocycles. The van der Waals surface area contributed by atoms with Gasteiger partial charge in [0, 0.05) is 12.8 Å². The number of nitrogens with two attached hydrogens (primary N) is 1. The molecule has 4 N–H and O–H groups in total. The van der Waals surface area contributed by atoms with Crippen molar-refractivity contribution in [3.05, 3.63) is 12.2 Å². The van der Waals surface area contributed by atoms with Crippen LogP contribution in [0.5, 0.6) is 0 Å². The smallest absolute Gasteiger partial charge is 0.326 e. The minimum Gasteiger partial charge on any atom is -0.480 e. The van der Waals surface area contributed by atoms with Gasteiger partial charge in [0.15, 0.2) is 0 Å². The Hall–Kier alpha value is -1.89. The molecule has 0 saturated heterocycles. The molecule has 0 rings (SSSR count). The van der Waals surface area contributed by atoms with Crippen LogP contribution in [-0.4, -0.2) is 41.6 Å². The van der Waals surface area contributed by atoms with Crippen molar-refractivity contribution in [1.82, 2.24) is 5.32 Å². The fourth-order valence-corrected chi connectivity index (χ4v) is 8.15. The minimum absolute atomic E-state index is 0.0155. The standard InChI is InChI=1S/C52H100N2O5/c1-3-5-7-9-11-13-15-16-17-18-19-20-21-22-23-24-25-26-27-29-31-36-40-46-51(56)59-48(42-37-33-30-28-14-12-10-8-6-4-2)43-38-34-32-35-39-45-50(55)54-49(52(57)58)44-41-47-53/h18-19,48-49H,3-17,20-47,53H2,1-2H3,(H,54,55)(H,57,58)/b19-18-. The summed E-state index contributed by atoms with van der Waals surface area (Å²) in [6, 6.07) is -0.854. The number of carbonyl (C=O) groups excluding carboxylic acids is 2. The molecule has 0 saturated carbocycles. The Morgan fingerprint density at radius 1 is 0.475 bits per heavy atom. The lowest BCUT2D eigenvalue weighted by Crippen LogP contribution is -2.40. The maximum absolute atomic E-state index is 12.9. The average Bonchev–Trinajstić information content (AvgIpc) is 3.22. The Balaban J connectivity index is 4.09. The van der Waals surface area contributed by atoms with Crippen LogP contribution in [0.15, 0.2) is 12.2 Å².